The van der Waals surface area contributed by atoms with Crippen molar-refractivity contribution in [3.8, 4) is 0 Å². The molecule has 0 radical (unpaired) electrons. The molecule has 0 aromatic heterocycles. The number of aliphatic hydroxyl groups is 2. The molecule has 0 fully saturated rings. The van der Waals surface area contributed by atoms with Crippen molar-refractivity contribution in [2.24, 2.45) is 5.73 Å². The summed E-state index contributed by atoms with van der Waals surface area (Å²) in [4.78, 5) is 0. The molecule has 4 N–H and O–H groups in total. The second kappa shape index (κ2) is 6.58. The molecule has 0 aromatic rings. The lowest BCUT2D eigenvalue weighted by molar-refractivity contribution is 0.108. The molecule has 0 aliphatic rings. The van der Waals surface area contributed by atoms with Crippen LogP contribution in [0.3, 0.4) is 0 Å². The molecule has 0 aliphatic carbocycles. The summed E-state index contributed by atoms with van der Waals surface area (Å²) in [6.45, 7) is 2.45. The minimum Gasteiger partial charge on any atom is -0.393 e. The van der Waals surface area contributed by atoms with Crippen LogP contribution in [0.2, 0.25) is 0 Å². The van der Waals surface area contributed by atoms with Crippen LogP contribution in [-0.4, -0.2) is 29.0 Å². The fourth-order valence-corrected chi connectivity index (χ4v) is 0.926. The third kappa shape index (κ3) is 6.28. The number of hydrogen-bond donors (Lipinski definition) is 3. The van der Waals surface area contributed by atoms with Gasteiger partial charge in [0.2, 0.25) is 0 Å². The second-order valence-corrected chi connectivity index (χ2v) is 2.87. The van der Waals surface area contributed by atoms with Crippen LogP contribution in [0.1, 0.15) is 32.6 Å². The molecule has 0 saturated heterocycles. The van der Waals surface area contributed by atoms with E-state index in [-0.39, 0.29) is 12.2 Å². The molecule has 0 aliphatic heterocycles. The zero-order valence-electron chi connectivity index (χ0n) is 7.16. The van der Waals surface area contributed by atoms with E-state index in [0.717, 1.165) is 6.42 Å². The van der Waals surface area contributed by atoms with E-state index in [2.05, 4.69) is 0 Å². The zero-order valence-corrected chi connectivity index (χ0v) is 7.16. The molecule has 2 atom stereocenters. The Labute approximate surface area is 68.2 Å². The number of aliphatic hydroxyl groups excluding tert-OH is 2. The number of hydrogen-bond acceptors (Lipinski definition) is 3. The van der Waals surface area contributed by atoms with Crippen molar-refractivity contribution in [1.29, 1.82) is 0 Å². The maximum Gasteiger partial charge on any atom is 0.0553 e. The fraction of sp³-hybridized carbons (Fsp3) is 1.00. The Kier molecular flexibility index (Phi) is 6.51. The van der Waals surface area contributed by atoms with Crippen LogP contribution < -0.4 is 5.73 Å². The van der Waals surface area contributed by atoms with Crippen molar-refractivity contribution in [2.45, 2.75) is 44.8 Å². The van der Waals surface area contributed by atoms with Gasteiger partial charge in [0.25, 0.3) is 0 Å². The number of rotatable bonds is 6. The standard InChI is InChI=1S/C8H19NO2/c1-2-7(10)3-4-8(11)5-6-9/h7-8,10-11H,2-6,9H2,1H3. The lowest BCUT2D eigenvalue weighted by atomic mass is 10.1. The van der Waals surface area contributed by atoms with E-state index in [1.165, 1.54) is 0 Å². The number of nitrogens with two attached hydrogens (primary N) is 1. The van der Waals surface area contributed by atoms with Crippen LogP contribution in [0, 0.1) is 0 Å². The monoisotopic (exact) mass is 161 g/mol. The van der Waals surface area contributed by atoms with Gasteiger partial charge in [-0.2, -0.15) is 0 Å². The summed E-state index contributed by atoms with van der Waals surface area (Å²) in [7, 11) is 0. The summed E-state index contributed by atoms with van der Waals surface area (Å²) >= 11 is 0. The average molecular weight is 161 g/mol. The normalized spacial score (nSPS) is 16.4. The second-order valence-electron chi connectivity index (χ2n) is 2.87. The van der Waals surface area contributed by atoms with E-state index in [0.29, 0.717) is 25.8 Å². The van der Waals surface area contributed by atoms with Crippen molar-refractivity contribution in [3.63, 3.8) is 0 Å². The Balaban J connectivity index is 3.22. The summed E-state index contributed by atoms with van der Waals surface area (Å²) in [5.74, 6) is 0. The molecule has 0 saturated carbocycles. The highest BCUT2D eigenvalue weighted by atomic mass is 16.3. The van der Waals surface area contributed by atoms with Gasteiger partial charge in [-0.3, -0.25) is 0 Å². The Hall–Kier alpha value is -0.120. The van der Waals surface area contributed by atoms with Crippen molar-refractivity contribution in [1.82, 2.24) is 0 Å². The SMILES string of the molecule is CCC(O)CCC(O)CCN. The van der Waals surface area contributed by atoms with Gasteiger partial charge in [0.15, 0.2) is 0 Å². The predicted octanol–water partition coefficient (Wildman–Crippen LogP) is 0.247. The highest BCUT2D eigenvalue weighted by molar-refractivity contribution is 4.60. The van der Waals surface area contributed by atoms with Crippen LogP contribution in [-0.2, 0) is 0 Å². The molecule has 3 nitrogen and oxygen atoms in total. The van der Waals surface area contributed by atoms with Gasteiger partial charge in [-0.25, -0.2) is 0 Å². The van der Waals surface area contributed by atoms with Gasteiger partial charge >= 0.3 is 0 Å². The van der Waals surface area contributed by atoms with Gasteiger partial charge in [0, 0.05) is 0 Å². The fourth-order valence-electron chi connectivity index (χ4n) is 0.926. The minimum atomic E-state index is -0.332. The predicted molar refractivity (Wildman–Crippen MR) is 45.2 cm³/mol. The highest BCUT2D eigenvalue weighted by Gasteiger charge is 2.06. The van der Waals surface area contributed by atoms with Crippen LogP contribution >= 0.6 is 0 Å². The van der Waals surface area contributed by atoms with E-state index < -0.39 is 0 Å². The Morgan fingerprint density at radius 2 is 1.64 bits per heavy atom. The maximum atomic E-state index is 9.20. The van der Waals surface area contributed by atoms with Crippen molar-refractivity contribution in [3.05, 3.63) is 0 Å². The Bertz CT molecular complexity index is 88.2. The molecule has 0 spiro atoms. The molecule has 0 bridgehead atoms. The quantitative estimate of drug-likeness (QED) is 0.523. The minimum absolute atomic E-state index is 0.262. The summed E-state index contributed by atoms with van der Waals surface area (Å²) in [5.41, 5.74) is 5.25. The largest absolute Gasteiger partial charge is 0.393 e. The van der Waals surface area contributed by atoms with Crippen LogP contribution in [0.4, 0.5) is 0 Å². The first kappa shape index (κ1) is 10.9. The first-order valence-electron chi connectivity index (χ1n) is 4.26. The van der Waals surface area contributed by atoms with Crippen molar-refractivity contribution in [2.75, 3.05) is 6.54 Å². The molecule has 11 heavy (non-hydrogen) atoms. The Morgan fingerprint density at radius 1 is 1.09 bits per heavy atom. The van der Waals surface area contributed by atoms with E-state index in [4.69, 9.17) is 10.8 Å². The molecule has 0 rings (SSSR count). The molecule has 0 amide bonds. The van der Waals surface area contributed by atoms with Crippen LogP contribution in [0.15, 0.2) is 0 Å². The van der Waals surface area contributed by atoms with Gasteiger partial charge in [-0.1, -0.05) is 6.92 Å². The molecule has 3 heteroatoms. The summed E-state index contributed by atoms with van der Waals surface area (Å²) in [6.07, 6.45) is 2.14. The lowest BCUT2D eigenvalue weighted by Crippen LogP contribution is -2.16. The van der Waals surface area contributed by atoms with E-state index >= 15 is 0 Å². The van der Waals surface area contributed by atoms with Crippen molar-refractivity contribution >= 4 is 0 Å². The third-order valence-corrected chi connectivity index (χ3v) is 1.80. The molecular weight excluding hydrogens is 142 g/mol. The topological polar surface area (TPSA) is 66.5 Å². The van der Waals surface area contributed by atoms with E-state index in [9.17, 15) is 5.11 Å². The van der Waals surface area contributed by atoms with Gasteiger partial charge in [0.05, 0.1) is 12.2 Å². The molecule has 0 heterocycles. The van der Waals surface area contributed by atoms with Crippen molar-refractivity contribution < 1.29 is 10.2 Å². The lowest BCUT2D eigenvalue weighted by Gasteiger charge is -2.11. The maximum absolute atomic E-state index is 9.20. The van der Waals surface area contributed by atoms with Gasteiger partial charge < -0.3 is 15.9 Å². The summed E-state index contributed by atoms with van der Waals surface area (Å²) in [6, 6.07) is 0. The highest BCUT2D eigenvalue weighted by Crippen LogP contribution is 2.06. The molecule has 0 aromatic carbocycles. The first-order chi connectivity index (χ1) is 5.20. The molecule has 2 unspecified atom stereocenters. The average Bonchev–Trinajstić information content (AvgIpc) is 2.01. The Morgan fingerprint density at radius 3 is 2.09 bits per heavy atom. The summed E-state index contributed by atoms with van der Waals surface area (Å²) in [5, 5.41) is 18.3. The van der Waals surface area contributed by atoms with Crippen LogP contribution in [0.5, 0.6) is 0 Å². The zero-order chi connectivity index (χ0) is 8.69. The summed E-state index contributed by atoms with van der Waals surface area (Å²) < 4.78 is 0. The van der Waals surface area contributed by atoms with E-state index in [1.807, 2.05) is 6.92 Å². The molecule has 68 valence electrons. The molecular formula is C8H19NO2. The van der Waals surface area contributed by atoms with Gasteiger partial charge in [0.1, 0.15) is 0 Å². The third-order valence-electron chi connectivity index (χ3n) is 1.80. The first-order valence-corrected chi connectivity index (χ1v) is 4.26. The van der Waals surface area contributed by atoms with Gasteiger partial charge in [-0.05, 0) is 32.2 Å². The van der Waals surface area contributed by atoms with Gasteiger partial charge in [-0.15, -0.1) is 0 Å². The van der Waals surface area contributed by atoms with Crippen LogP contribution in [0.25, 0.3) is 0 Å². The van der Waals surface area contributed by atoms with E-state index in [1.54, 1.807) is 0 Å². The smallest absolute Gasteiger partial charge is 0.0553 e.